The lowest BCUT2D eigenvalue weighted by Crippen LogP contribution is -2.40. The summed E-state index contributed by atoms with van der Waals surface area (Å²) in [6.07, 6.45) is 6.99. The summed E-state index contributed by atoms with van der Waals surface area (Å²) < 4.78 is 11.4. The fraction of sp³-hybridized carbons (Fsp3) is 0.346. The van der Waals surface area contributed by atoms with Gasteiger partial charge < -0.3 is 9.47 Å². The Labute approximate surface area is 196 Å². The first-order chi connectivity index (χ1) is 16.1. The van der Waals surface area contributed by atoms with Crippen molar-refractivity contribution in [3.63, 3.8) is 0 Å². The van der Waals surface area contributed by atoms with Crippen molar-refractivity contribution >= 4 is 29.6 Å². The van der Waals surface area contributed by atoms with Crippen molar-refractivity contribution in [2.75, 3.05) is 7.11 Å². The minimum atomic E-state index is -0.247. The molecule has 0 aromatic heterocycles. The number of imide groups is 1. The number of allylic oxidation sites excluding steroid dienone is 2. The molecule has 7 heteroatoms. The van der Waals surface area contributed by atoms with E-state index < -0.39 is 0 Å². The van der Waals surface area contributed by atoms with Crippen LogP contribution in [-0.4, -0.2) is 30.1 Å². The van der Waals surface area contributed by atoms with Crippen LogP contribution in [0.15, 0.2) is 59.7 Å². The van der Waals surface area contributed by atoms with Crippen molar-refractivity contribution in [1.82, 2.24) is 5.01 Å². The van der Waals surface area contributed by atoms with Gasteiger partial charge in [-0.05, 0) is 59.9 Å². The third-order valence-corrected chi connectivity index (χ3v) is 7.86. The molecule has 5 aliphatic rings. The highest BCUT2D eigenvalue weighted by Gasteiger charge is 2.67. The smallest absolute Gasteiger partial charge is 0.254 e. The predicted octanol–water partition coefficient (Wildman–Crippen LogP) is 4.31. The van der Waals surface area contributed by atoms with Gasteiger partial charge in [0.25, 0.3) is 11.8 Å². The highest BCUT2D eigenvalue weighted by molar-refractivity contribution is 6.31. The Morgan fingerprint density at radius 1 is 1.03 bits per heavy atom. The standard InChI is InChI=1S/C26H23ClN2O4/c1-32-22-10-14(6-9-21(22)33-13-15-4-2-3-5-20(15)27)12-28-29-25(30)23-16-7-8-17(19-11-18(16)19)24(23)26(29)31/h2-10,12,16-19,23-24H,11,13H2,1H3/b28-12-/t16-,17-,18-,19+,23-,24-/m1/s1. The first kappa shape index (κ1) is 20.5. The van der Waals surface area contributed by atoms with Crippen molar-refractivity contribution in [3.05, 3.63) is 70.8 Å². The summed E-state index contributed by atoms with van der Waals surface area (Å²) in [5.41, 5.74) is 1.58. The molecule has 6 atom stereocenters. The van der Waals surface area contributed by atoms with Crippen LogP contribution in [0.5, 0.6) is 11.5 Å². The van der Waals surface area contributed by atoms with Gasteiger partial charge in [0.2, 0.25) is 0 Å². The zero-order valence-corrected chi connectivity index (χ0v) is 18.8. The molecule has 4 aliphatic carbocycles. The SMILES string of the molecule is COc1cc(/C=N\N2C(=O)[C@@H]3[C@@H]4C=C[C@H]([C@@H]5C[C@H]45)[C@H]3C2=O)ccc1OCc1ccccc1Cl. The molecular weight excluding hydrogens is 440 g/mol. The van der Waals surface area contributed by atoms with Crippen molar-refractivity contribution in [2.24, 2.45) is 40.6 Å². The number of rotatable bonds is 6. The van der Waals surface area contributed by atoms with Gasteiger partial charge in [0, 0.05) is 10.6 Å². The molecule has 0 spiro atoms. The van der Waals surface area contributed by atoms with E-state index in [1.165, 1.54) is 6.21 Å². The van der Waals surface area contributed by atoms with E-state index in [1.807, 2.05) is 30.3 Å². The number of nitrogens with zero attached hydrogens (tertiary/aromatic N) is 2. The first-order valence-corrected chi connectivity index (χ1v) is 11.6. The van der Waals surface area contributed by atoms with Crippen LogP contribution in [-0.2, 0) is 16.2 Å². The normalized spacial score (nSPS) is 31.2. The van der Waals surface area contributed by atoms with Gasteiger partial charge in [0.15, 0.2) is 11.5 Å². The number of amides is 2. The van der Waals surface area contributed by atoms with Gasteiger partial charge in [-0.1, -0.05) is 42.0 Å². The number of ether oxygens (including phenoxy) is 2. The van der Waals surface area contributed by atoms with Crippen LogP contribution in [0, 0.1) is 35.5 Å². The number of carbonyl (C=O) groups is 2. The lowest BCUT2D eigenvalue weighted by atomic mass is 9.63. The average molecular weight is 463 g/mol. The van der Waals surface area contributed by atoms with E-state index in [9.17, 15) is 9.59 Å². The lowest BCUT2D eigenvalue weighted by Gasteiger charge is -2.37. The van der Waals surface area contributed by atoms with Gasteiger partial charge in [-0.25, -0.2) is 0 Å². The molecular formula is C26H23ClN2O4. The van der Waals surface area contributed by atoms with Gasteiger partial charge in [-0.3, -0.25) is 9.59 Å². The molecule has 2 aromatic carbocycles. The molecule has 2 saturated carbocycles. The van der Waals surface area contributed by atoms with Crippen molar-refractivity contribution in [3.8, 4) is 11.5 Å². The largest absolute Gasteiger partial charge is 0.493 e. The Bertz CT molecular complexity index is 1170. The topological polar surface area (TPSA) is 68.2 Å². The number of halogens is 1. The van der Waals surface area contributed by atoms with Crippen molar-refractivity contribution in [2.45, 2.75) is 13.0 Å². The number of hydrogen-bond donors (Lipinski definition) is 0. The predicted molar refractivity (Wildman–Crippen MR) is 123 cm³/mol. The van der Waals surface area contributed by atoms with E-state index >= 15 is 0 Å². The molecule has 1 saturated heterocycles. The maximum absolute atomic E-state index is 13.1. The molecule has 2 amide bonds. The Hall–Kier alpha value is -3.12. The second-order valence-corrected chi connectivity index (χ2v) is 9.59. The van der Waals surface area contributed by atoms with Crippen LogP contribution < -0.4 is 9.47 Å². The molecule has 2 bridgehead atoms. The molecule has 1 aliphatic heterocycles. The molecule has 168 valence electrons. The van der Waals surface area contributed by atoms with Crippen LogP contribution in [0.3, 0.4) is 0 Å². The molecule has 3 fully saturated rings. The number of benzene rings is 2. The third kappa shape index (κ3) is 3.27. The van der Waals surface area contributed by atoms with E-state index in [1.54, 1.807) is 19.2 Å². The summed E-state index contributed by atoms with van der Waals surface area (Å²) in [5.74, 6) is 1.79. The average Bonchev–Trinajstić information content (AvgIpc) is 3.62. The highest BCUT2D eigenvalue weighted by atomic mass is 35.5. The highest BCUT2D eigenvalue weighted by Crippen LogP contribution is 2.65. The molecule has 33 heavy (non-hydrogen) atoms. The number of hydrazone groups is 1. The van der Waals surface area contributed by atoms with Crippen LogP contribution in [0.25, 0.3) is 0 Å². The summed E-state index contributed by atoms with van der Waals surface area (Å²) in [4.78, 5) is 26.1. The summed E-state index contributed by atoms with van der Waals surface area (Å²) in [5, 5.41) is 6.02. The van der Waals surface area contributed by atoms with E-state index in [0.29, 0.717) is 40.5 Å². The quantitative estimate of drug-likeness (QED) is 0.364. The van der Waals surface area contributed by atoms with Gasteiger partial charge in [0.05, 0.1) is 25.2 Å². The zero-order valence-electron chi connectivity index (χ0n) is 18.1. The number of hydrogen-bond acceptors (Lipinski definition) is 5. The summed E-state index contributed by atoms with van der Waals surface area (Å²) in [7, 11) is 1.56. The molecule has 7 rings (SSSR count). The molecule has 0 radical (unpaired) electrons. The third-order valence-electron chi connectivity index (χ3n) is 7.49. The van der Waals surface area contributed by atoms with Crippen LogP contribution >= 0.6 is 11.6 Å². The Morgan fingerprint density at radius 3 is 2.39 bits per heavy atom. The maximum atomic E-state index is 13.1. The Morgan fingerprint density at radius 2 is 1.73 bits per heavy atom. The summed E-state index contributed by atoms with van der Waals surface area (Å²) >= 11 is 6.20. The second-order valence-electron chi connectivity index (χ2n) is 9.18. The molecule has 0 unspecified atom stereocenters. The Kier molecular flexibility index (Phi) is 4.80. The maximum Gasteiger partial charge on any atom is 0.254 e. The second kappa shape index (κ2) is 7.73. The van der Waals surface area contributed by atoms with Crippen LogP contribution in [0.2, 0.25) is 5.02 Å². The molecule has 6 nitrogen and oxygen atoms in total. The van der Waals surface area contributed by atoms with E-state index in [4.69, 9.17) is 21.1 Å². The van der Waals surface area contributed by atoms with Gasteiger partial charge in [-0.15, -0.1) is 0 Å². The molecule has 1 heterocycles. The fourth-order valence-electron chi connectivity index (χ4n) is 5.83. The van der Waals surface area contributed by atoms with Crippen LogP contribution in [0.4, 0.5) is 0 Å². The monoisotopic (exact) mass is 462 g/mol. The minimum Gasteiger partial charge on any atom is -0.493 e. The van der Waals surface area contributed by atoms with E-state index in [0.717, 1.165) is 17.0 Å². The van der Waals surface area contributed by atoms with Crippen molar-refractivity contribution < 1.29 is 19.1 Å². The lowest BCUT2D eigenvalue weighted by molar-refractivity contribution is -0.140. The molecule has 0 N–H and O–H groups in total. The van der Waals surface area contributed by atoms with Gasteiger partial charge >= 0.3 is 0 Å². The van der Waals surface area contributed by atoms with Gasteiger partial charge in [0.1, 0.15) is 6.61 Å². The fourth-order valence-corrected chi connectivity index (χ4v) is 6.02. The summed E-state index contributed by atoms with van der Waals surface area (Å²) in [6, 6.07) is 12.9. The number of carbonyl (C=O) groups excluding carboxylic acids is 2. The Balaban J connectivity index is 1.18. The van der Waals surface area contributed by atoms with Crippen molar-refractivity contribution in [1.29, 1.82) is 0 Å². The molecule has 2 aromatic rings. The number of methoxy groups -OCH3 is 1. The minimum absolute atomic E-state index is 0.169. The summed E-state index contributed by atoms with van der Waals surface area (Å²) in [6.45, 7) is 0.307. The van der Waals surface area contributed by atoms with E-state index in [2.05, 4.69) is 17.3 Å². The van der Waals surface area contributed by atoms with Crippen LogP contribution in [0.1, 0.15) is 17.5 Å². The zero-order chi connectivity index (χ0) is 22.7. The van der Waals surface area contributed by atoms with Gasteiger partial charge in [-0.2, -0.15) is 10.1 Å². The van der Waals surface area contributed by atoms with E-state index in [-0.39, 0.29) is 35.5 Å². The first-order valence-electron chi connectivity index (χ1n) is 11.2.